The maximum atomic E-state index is 12.2. The van der Waals surface area contributed by atoms with Crippen LogP contribution in [0.1, 0.15) is 0 Å². The van der Waals surface area contributed by atoms with Gasteiger partial charge in [0.15, 0.2) is 11.0 Å². The molecule has 0 radical (unpaired) electrons. The van der Waals surface area contributed by atoms with Crippen LogP contribution in [0.5, 0.6) is 0 Å². The Bertz CT molecular complexity index is 940. The molecule has 0 atom stereocenters. The molecule has 0 aliphatic rings. The molecule has 3 aromatic rings. The molecule has 0 fully saturated rings. The number of nitrogens with one attached hydrogen (secondary N) is 1. The average Bonchev–Trinajstić information content (AvgIpc) is 3.02. The van der Waals surface area contributed by atoms with Crippen LogP contribution in [0.2, 0.25) is 5.02 Å². The molecule has 0 spiro atoms. The van der Waals surface area contributed by atoms with E-state index in [2.05, 4.69) is 21.6 Å². The largest absolute Gasteiger partial charge is 0.378 e. The van der Waals surface area contributed by atoms with Crippen molar-refractivity contribution in [3.8, 4) is 11.4 Å². The molecule has 0 saturated carbocycles. The minimum absolute atomic E-state index is 0.110. The molecule has 140 valence electrons. The van der Waals surface area contributed by atoms with E-state index < -0.39 is 0 Å². The SMILES string of the molecule is CN(C)c1cccc(-c2nnc(SCC(=O)Nc3ccc(Cl)cc3)n2C)c1. The second kappa shape index (κ2) is 8.45. The van der Waals surface area contributed by atoms with E-state index in [1.54, 1.807) is 24.3 Å². The first-order valence-corrected chi connectivity index (χ1v) is 9.66. The number of halogens is 1. The van der Waals surface area contributed by atoms with E-state index in [9.17, 15) is 4.79 Å². The summed E-state index contributed by atoms with van der Waals surface area (Å²) in [6, 6.07) is 15.1. The second-order valence-electron chi connectivity index (χ2n) is 6.15. The highest BCUT2D eigenvalue weighted by atomic mass is 35.5. The van der Waals surface area contributed by atoms with Gasteiger partial charge in [-0.15, -0.1) is 10.2 Å². The van der Waals surface area contributed by atoms with Gasteiger partial charge in [0, 0.05) is 43.1 Å². The van der Waals surface area contributed by atoms with E-state index >= 15 is 0 Å². The highest BCUT2D eigenvalue weighted by molar-refractivity contribution is 7.99. The number of hydrogen-bond acceptors (Lipinski definition) is 5. The molecule has 1 aromatic heterocycles. The number of benzene rings is 2. The number of amides is 1. The average molecular weight is 402 g/mol. The molecule has 27 heavy (non-hydrogen) atoms. The first-order chi connectivity index (χ1) is 12.9. The number of rotatable bonds is 6. The number of hydrogen-bond donors (Lipinski definition) is 1. The van der Waals surface area contributed by atoms with Crippen molar-refractivity contribution < 1.29 is 4.79 Å². The van der Waals surface area contributed by atoms with E-state index in [0.29, 0.717) is 15.9 Å². The van der Waals surface area contributed by atoms with Crippen LogP contribution < -0.4 is 10.2 Å². The summed E-state index contributed by atoms with van der Waals surface area (Å²) in [7, 11) is 5.89. The second-order valence-corrected chi connectivity index (χ2v) is 7.53. The fraction of sp³-hybridized carbons (Fsp3) is 0.211. The zero-order valence-corrected chi connectivity index (χ0v) is 16.9. The minimum atomic E-state index is -0.110. The summed E-state index contributed by atoms with van der Waals surface area (Å²) in [6.07, 6.45) is 0. The monoisotopic (exact) mass is 401 g/mol. The van der Waals surface area contributed by atoms with Crippen molar-refractivity contribution >= 4 is 40.6 Å². The van der Waals surface area contributed by atoms with Gasteiger partial charge in [-0.3, -0.25) is 4.79 Å². The van der Waals surface area contributed by atoms with Crippen molar-refractivity contribution in [1.29, 1.82) is 0 Å². The van der Waals surface area contributed by atoms with Gasteiger partial charge in [-0.2, -0.15) is 0 Å². The molecule has 0 aliphatic carbocycles. The van der Waals surface area contributed by atoms with Crippen molar-refractivity contribution in [2.45, 2.75) is 5.16 Å². The molecule has 8 heteroatoms. The minimum Gasteiger partial charge on any atom is -0.378 e. The van der Waals surface area contributed by atoms with E-state index in [-0.39, 0.29) is 11.7 Å². The maximum absolute atomic E-state index is 12.2. The summed E-state index contributed by atoms with van der Waals surface area (Å²) in [5.74, 6) is 0.896. The number of aromatic nitrogens is 3. The lowest BCUT2D eigenvalue weighted by molar-refractivity contribution is -0.113. The number of thioether (sulfide) groups is 1. The molecule has 6 nitrogen and oxygen atoms in total. The predicted octanol–water partition coefficient (Wildman–Crippen LogP) is 3.93. The molecular formula is C19H20ClN5OS. The van der Waals surface area contributed by atoms with Gasteiger partial charge in [-0.1, -0.05) is 35.5 Å². The van der Waals surface area contributed by atoms with E-state index in [4.69, 9.17) is 11.6 Å². The van der Waals surface area contributed by atoms with Gasteiger partial charge in [-0.05, 0) is 36.4 Å². The summed E-state index contributed by atoms with van der Waals surface area (Å²) >= 11 is 7.19. The number of nitrogens with zero attached hydrogens (tertiary/aromatic N) is 4. The van der Waals surface area contributed by atoms with Gasteiger partial charge < -0.3 is 14.8 Å². The maximum Gasteiger partial charge on any atom is 0.234 e. The van der Waals surface area contributed by atoms with Crippen LogP contribution in [0.4, 0.5) is 11.4 Å². The summed E-state index contributed by atoms with van der Waals surface area (Å²) < 4.78 is 1.90. The third kappa shape index (κ3) is 4.81. The first-order valence-electron chi connectivity index (χ1n) is 8.29. The highest BCUT2D eigenvalue weighted by Gasteiger charge is 2.13. The molecule has 1 amide bonds. The van der Waals surface area contributed by atoms with Gasteiger partial charge in [-0.25, -0.2) is 0 Å². The Morgan fingerprint density at radius 3 is 2.63 bits per heavy atom. The van der Waals surface area contributed by atoms with Crippen LogP contribution in [0.25, 0.3) is 11.4 Å². The molecule has 1 N–H and O–H groups in total. The zero-order chi connectivity index (χ0) is 19.4. The Morgan fingerprint density at radius 2 is 1.93 bits per heavy atom. The fourth-order valence-electron chi connectivity index (χ4n) is 2.48. The molecule has 0 unspecified atom stereocenters. The van der Waals surface area contributed by atoms with Crippen LogP contribution >= 0.6 is 23.4 Å². The molecule has 0 aliphatic heterocycles. The van der Waals surface area contributed by atoms with Crippen LogP contribution in [0, 0.1) is 0 Å². The van der Waals surface area contributed by atoms with Crippen LogP contribution in [-0.4, -0.2) is 40.5 Å². The van der Waals surface area contributed by atoms with Crippen molar-refractivity contribution in [1.82, 2.24) is 14.8 Å². The van der Waals surface area contributed by atoms with E-state index in [1.807, 2.05) is 48.8 Å². The summed E-state index contributed by atoms with van der Waals surface area (Å²) in [4.78, 5) is 14.2. The quantitative estimate of drug-likeness (QED) is 0.634. The topological polar surface area (TPSA) is 63.1 Å². The highest BCUT2D eigenvalue weighted by Crippen LogP contribution is 2.25. The molecule has 2 aromatic carbocycles. The van der Waals surface area contributed by atoms with Crippen LogP contribution in [0.15, 0.2) is 53.7 Å². The van der Waals surface area contributed by atoms with Crippen LogP contribution in [0.3, 0.4) is 0 Å². The van der Waals surface area contributed by atoms with Crippen molar-refractivity contribution in [2.24, 2.45) is 7.05 Å². The number of carbonyl (C=O) groups is 1. The van der Waals surface area contributed by atoms with Gasteiger partial charge in [0.1, 0.15) is 0 Å². The van der Waals surface area contributed by atoms with Gasteiger partial charge >= 0.3 is 0 Å². The molecule has 3 rings (SSSR count). The third-order valence-corrected chi connectivity index (χ3v) is 5.19. The Labute approximate surface area is 167 Å². The van der Waals surface area contributed by atoms with E-state index in [0.717, 1.165) is 17.1 Å². The van der Waals surface area contributed by atoms with E-state index in [1.165, 1.54) is 11.8 Å². The molecule has 1 heterocycles. The normalized spacial score (nSPS) is 10.7. The first kappa shape index (κ1) is 19.3. The summed E-state index contributed by atoms with van der Waals surface area (Å²) in [5, 5.41) is 12.7. The number of anilines is 2. The molecule has 0 bridgehead atoms. The molecular weight excluding hydrogens is 382 g/mol. The lowest BCUT2D eigenvalue weighted by atomic mass is 10.2. The predicted molar refractivity (Wildman–Crippen MR) is 112 cm³/mol. The number of carbonyl (C=O) groups excluding carboxylic acids is 1. The zero-order valence-electron chi connectivity index (χ0n) is 15.3. The van der Waals surface area contributed by atoms with Crippen molar-refractivity contribution in [2.75, 3.05) is 30.1 Å². The standard InChI is InChI=1S/C19H20ClN5OS/c1-24(2)16-6-4-5-13(11-16)18-22-23-19(25(18)3)27-12-17(26)21-15-9-7-14(20)8-10-15/h4-11H,12H2,1-3H3,(H,21,26). The van der Waals surface area contributed by atoms with Crippen molar-refractivity contribution in [3.05, 3.63) is 53.6 Å². The fourth-order valence-corrected chi connectivity index (χ4v) is 3.31. The van der Waals surface area contributed by atoms with Crippen molar-refractivity contribution in [3.63, 3.8) is 0 Å². The summed E-state index contributed by atoms with van der Waals surface area (Å²) in [5.41, 5.74) is 2.78. The summed E-state index contributed by atoms with van der Waals surface area (Å²) in [6.45, 7) is 0. The van der Waals surface area contributed by atoms with Gasteiger partial charge in [0.2, 0.25) is 5.91 Å². The van der Waals surface area contributed by atoms with Crippen LogP contribution in [-0.2, 0) is 11.8 Å². The Balaban J connectivity index is 1.66. The Kier molecular flexibility index (Phi) is 6.03. The Hall–Kier alpha value is -2.51. The molecule has 0 saturated heterocycles. The van der Waals surface area contributed by atoms with Gasteiger partial charge in [0.25, 0.3) is 0 Å². The third-order valence-electron chi connectivity index (χ3n) is 3.92. The Morgan fingerprint density at radius 1 is 1.19 bits per heavy atom. The lowest BCUT2D eigenvalue weighted by Gasteiger charge is -2.13. The smallest absolute Gasteiger partial charge is 0.234 e. The lowest BCUT2D eigenvalue weighted by Crippen LogP contribution is -2.14. The van der Waals surface area contributed by atoms with Gasteiger partial charge in [0.05, 0.1) is 5.75 Å².